The zero-order chi connectivity index (χ0) is 22.6. The average molecular weight is 421 g/mol. The van der Waals surface area contributed by atoms with Gasteiger partial charge in [-0.15, -0.1) is 0 Å². The van der Waals surface area contributed by atoms with E-state index in [0.717, 1.165) is 28.0 Å². The van der Waals surface area contributed by atoms with Crippen LogP contribution in [0.25, 0.3) is 11.1 Å². The number of ether oxygens (including phenoxy) is 1. The Balaban J connectivity index is 1.89. The summed E-state index contributed by atoms with van der Waals surface area (Å²) in [6, 6.07) is 13.4. The first-order chi connectivity index (χ1) is 14.5. The highest BCUT2D eigenvalue weighted by Gasteiger charge is 2.49. The van der Waals surface area contributed by atoms with Crippen molar-refractivity contribution in [2.75, 3.05) is 5.32 Å². The van der Waals surface area contributed by atoms with Crippen molar-refractivity contribution in [3.63, 3.8) is 0 Å². The van der Waals surface area contributed by atoms with Crippen molar-refractivity contribution in [3.8, 4) is 16.9 Å². The zero-order valence-electron chi connectivity index (χ0n) is 18.3. The minimum Gasteiger partial charge on any atom is -0.487 e. The summed E-state index contributed by atoms with van der Waals surface area (Å²) in [5.41, 5.74) is 3.65. The molecule has 0 fully saturated rings. The first-order valence-electron chi connectivity index (χ1n) is 10.2. The molecule has 0 atom stereocenters. The third-order valence-corrected chi connectivity index (χ3v) is 6.54. The maximum atomic E-state index is 13.5. The normalized spacial score (nSPS) is 15.8. The van der Waals surface area contributed by atoms with Crippen molar-refractivity contribution in [3.05, 3.63) is 82.9 Å². The van der Waals surface area contributed by atoms with E-state index in [1.807, 2.05) is 26.8 Å². The van der Waals surface area contributed by atoms with Gasteiger partial charge in [0.15, 0.2) is 0 Å². The quantitative estimate of drug-likeness (QED) is 0.515. The van der Waals surface area contributed by atoms with Crippen LogP contribution in [0.4, 0.5) is 14.5 Å². The van der Waals surface area contributed by atoms with Gasteiger partial charge >= 0.3 is 0 Å². The van der Waals surface area contributed by atoms with Gasteiger partial charge in [-0.2, -0.15) is 0 Å². The molecular formula is C26H25F2NO2. The van der Waals surface area contributed by atoms with Crippen molar-refractivity contribution < 1.29 is 18.3 Å². The molecule has 1 aliphatic heterocycles. The average Bonchev–Trinajstić information content (AvgIpc) is 2.89. The van der Waals surface area contributed by atoms with E-state index in [4.69, 9.17) is 4.74 Å². The van der Waals surface area contributed by atoms with Crippen molar-refractivity contribution in [2.24, 2.45) is 0 Å². The molecule has 1 aliphatic rings. The van der Waals surface area contributed by atoms with E-state index in [1.165, 1.54) is 36.4 Å². The van der Waals surface area contributed by atoms with Crippen molar-refractivity contribution in [2.45, 2.75) is 45.6 Å². The maximum absolute atomic E-state index is 13.5. The molecule has 4 rings (SSSR count). The molecule has 3 aromatic carbocycles. The fraction of sp³-hybridized carbons (Fsp3) is 0.269. The van der Waals surface area contributed by atoms with Crippen LogP contribution in [-0.4, -0.2) is 11.5 Å². The van der Waals surface area contributed by atoms with Crippen molar-refractivity contribution >= 4 is 11.6 Å². The van der Waals surface area contributed by atoms with E-state index >= 15 is 0 Å². The highest BCUT2D eigenvalue weighted by Crippen LogP contribution is 2.53. The number of anilines is 1. The standard InChI is InChI=1S/C26H25F2NO2/c1-15-22-21(31-26(4,5)25(22,2)3)14-20(16-6-10-18(27)11-7-16)23(15)29-24(30)17-8-12-19(28)13-9-17/h6-14H,1-5H3,(H,29,30). The number of hydrogen-bond donors (Lipinski definition) is 1. The molecule has 0 saturated carbocycles. The Labute approximate surface area is 181 Å². The lowest BCUT2D eigenvalue weighted by molar-refractivity contribution is 0.0712. The van der Waals surface area contributed by atoms with E-state index in [0.29, 0.717) is 11.3 Å². The van der Waals surface area contributed by atoms with Crippen LogP contribution in [0.3, 0.4) is 0 Å². The van der Waals surface area contributed by atoms with E-state index < -0.39 is 11.4 Å². The number of hydrogen-bond acceptors (Lipinski definition) is 2. The summed E-state index contributed by atoms with van der Waals surface area (Å²) in [5.74, 6) is -0.329. The van der Waals surface area contributed by atoms with Gasteiger partial charge in [-0.1, -0.05) is 26.0 Å². The lowest BCUT2D eigenvalue weighted by Crippen LogP contribution is -2.42. The first-order valence-corrected chi connectivity index (χ1v) is 10.2. The topological polar surface area (TPSA) is 38.3 Å². The van der Waals surface area contributed by atoms with Crippen molar-refractivity contribution in [1.29, 1.82) is 0 Å². The Morgan fingerprint density at radius 3 is 2.03 bits per heavy atom. The third-order valence-electron chi connectivity index (χ3n) is 6.54. The summed E-state index contributed by atoms with van der Waals surface area (Å²) in [7, 11) is 0. The molecule has 0 aromatic heterocycles. The summed E-state index contributed by atoms with van der Waals surface area (Å²) >= 11 is 0. The highest BCUT2D eigenvalue weighted by molar-refractivity contribution is 6.07. The Morgan fingerprint density at radius 2 is 1.45 bits per heavy atom. The van der Waals surface area contributed by atoms with Crippen LogP contribution < -0.4 is 10.1 Å². The Morgan fingerprint density at radius 1 is 0.903 bits per heavy atom. The number of halogens is 2. The molecule has 3 aromatic rings. The number of amides is 1. The molecule has 3 nitrogen and oxygen atoms in total. The van der Waals surface area contributed by atoms with E-state index in [1.54, 1.807) is 12.1 Å². The van der Waals surface area contributed by atoms with Crippen LogP contribution in [0.1, 0.15) is 49.2 Å². The molecule has 1 amide bonds. The molecule has 160 valence electrons. The number of nitrogens with one attached hydrogen (secondary N) is 1. The number of carbonyl (C=O) groups excluding carboxylic acids is 1. The van der Waals surface area contributed by atoms with Crippen LogP contribution in [0.2, 0.25) is 0 Å². The predicted molar refractivity (Wildman–Crippen MR) is 119 cm³/mol. The SMILES string of the molecule is Cc1c(NC(=O)c2ccc(F)cc2)c(-c2ccc(F)cc2)cc2c1C(C)(C)C(C)(C)O2. The summed E-state index contributed by atoms with van der Waals surface area (Å²) in [4.78, 5) is 13.0. The van der Waals surface area contributed by atoms with Gasteiger partial charge < -0.3 is 10.1 Å². The van der Waals surface area contributed by atoms with Crippen LogP contribution in [-0.2, 0) is 5.41 Å². The molecule has 5 heteroatoms. The van der Waals surface area contributed by atoms with Gasteiger partial charge in [-0.3, -0.25) is 4.79 Å². The molecular weight excluding hydrogens is 396 g/mol. The molecule has 0 saturated heterocycles. The largest absolute Gasteiger partial charge is 0.487 e. The minimum atomic E-state index is -0.445. The van der Waals surface area contributed by atoms with Gasteiger partial charge in [-0.25, -0.2) is 8.78 Å². The molecule has 0 aliphatic carbocycles. The van der Waals surface area contributed by atoms with Gasteiger partial charge in [0.25, 0.3) is 5.91 Å². The maximum Gasteiger partial charge on any atom is 0.255 e. The second-order valence-electron chi connectivity index (χ2n) is 9.00. The molecule has 0 bridgehead atoms. The number of fused-ring (bicyclic) bond motifs is 1. The summed E-state index contributed by atoms with van der Waals surface area (Å²) < 4.78 is 33.1. The number of benzene rings is 3. The summed E-state index contributed by atoms with van der Waals surface area (Å²) in [6.45, 7) is 10.3. The number of carbonyl (C=O) groups is 1. The second-order valence-corrected chi connectivity index (χ2v) is 9.00. The lowest BCUT2D eigenvalue weighted by atomic mass is 9.72. The Kier molecular flexibility index (Phi) is 4.88. The van der Waals surface area contributed by atoms with Gasteiger partial charge in [0, 0.05) is 22.1 Å². The van der Waals surface area contributed by atoms with Crippen LogP contribution in [0.5, 0.6) is 5.75 Å². The van der Waals surface area contributed by atoms with Crippen LogP contribution in [0.15, 0.2) is 54.6 Å². The monoisotopic (exact) mass is 421 g/mol. The van der Waals surface area contributed by atoms with E-state index in [-0.39, 0.29) is 17.1 Å². The van der Waals surface area contributed by atoms with E-state index in [9.17, 15) is 13.6 Å². The smallest absolute Gasteiger partial charge is 0.255 e. The van der Waals surface area contributed by atoms with Gasteiger partial charge in [0.2, 0.25) is 0 Å². The Hall–Kier alpha value is -3.21. The van der Waals surface area contributed by atoms with Crippen LogP contribution in [0, 0.1) is 18.6 Å². The third kappa shape index (κ3) is 3.48. The molecule has 1 heterocycles. The van der Waals surface area contributed by atoms with Crippen molar-refractivity contribution in [1.82, 2.24) is 0 Å². The fourth-order valence-corrected chi connectivity index (χ4v) is 4.15. The lowest BCUT2D eigenvalue weighted by Gasteiger charge is -2.34. The Bertz CT molecular complexity index is 1160. The van der Waals surface area contributed by atoms with Gasteiger partial charge in [0.05, 0.1) is 5.69 Å². The van der Waals surface area contributed by atoms with Crippen LogP contribution >= 0.6 is 0 Å². The van der Waals surface area contributed by atoms with E-state index in [2.05, 4.69) is 19.2 Å². The minimum absolute atomic E-state index is 0.302. The molecule has 0 spiro atoms. The molecule has 0 unspecified atom stereocenters. The summed E-state index contributed by atoms with van der Waals surface area (Å²) in [6.07, 6.45) is 0. The first kappa shape index (κ1) is 21.0. The predicted octanol–water partition coefficient (Wildman–Crippen LogP) is 6.64. The second kappa shape index (κ2) is 7.19. The van der Waals surface area contributed by atoms with Gasteiger partial charge in [-0.05, 0) is 74.4 Å². The highest BCUT2D eigenvalue weighted by atomic mass is 19.1. The molecule has 31 heavy (non-hydrogen) atoms. The fourth-order valence-electron chi connectivity index (χ4n) is 4.15. The zero-order valence-corrected chi connectivity index (χ0v) is 18.3. The van der Waals surface area contributed by atoms with Gasteiger partial charge in [0.1, 0.15) is 23.0 Å². The molecule has 1 N–H and O–H groups in total. The number of rotatable bonds is 3. The molecule has 0 radical (unpaired) electrons. The summed E-state index contributed by atoms with van der Waals surface area (Å²) in [5, 5.41) is 3.01.